The van der Waals surface area contributed by atoms with E-state index in [-0.39, 0.29) is 20.6 Å². The van der Waals surface area contributed by atoms with Gasteiger partial charge < -0.3 is 4.74 Å². The van der Waals surface area contributed by atoms with Gasteiger partial charge in [-0.2, -0.15) is 5.10 Å². The summed E-state index contributed by atoms with van der Waals surface area (Å²) in [6.07, 6.45) is 2.37. The number of sulfonamides is 1. The Morgan fingerprint density at radius 3 is 2.38 bits per heavy atom. The number of carbonyl (C=O) groups excluding carboxylic acids is 1. The lowest BCUT2D eigenvalue weighted by molar-refractivity contribution is -0.119. The molecule has 3 aromatic rings. The van der Waals surface area contributed by atoms with Gasteiger partial charge in [-0.15, -0.1) is 0 Å². The molecule has 0 bridgehead atoms. The zero-order chi connectivity index (χ0) is 24.6. The van der Waals surface area contributed by atoms with Crippen LogP contribution in [-0.2, 0) is 14.8 Å². The molecule has 0 aliphatic carbocycles. The quantitative estimate of drug-likeness (QED) is 0.297. The van der Waals surface area contributed by atoms with E-state index >= 15 is 0 Å². The maximum absolute atomic E-state index is 13.3. The first-order valence-corrected chi connectivity index (χ1v) is 12.6. The number of amides is 1. The summed E-state index contributed by atoms with van der Waals surface area (Å²) in [6, 6.07) is 19.3. The van der Waals surface area contributed by atoms with E-state index in [1.54, 1.807) is 42.5 Å². The van der Waals surface area contributed by atoms with Crippen LogP contribution in [0.25, 0.3) is 0 Å². The van der Waals surface area contributed by atoms with Gasteiger partial charge in [-0.3, -0.25) is 9.10 Å². The molecule has 0 radical (unpaired) electrons. The topological polar surface area (TPSA) is 88.1 Å². The number of hydrazone groups is 1. The highest BCUT2D eigenvalue weighted by atomic mass is 35.5. The van der Waals surface area contributed by atoms with Crippen LogP contribution in [0.3, 0.4) is 0 Å². The van der Waals surface area contributed by atoms with Crippen LogP contribution >= 0.6 is 23.2 Å². The monoisotopic (exact) mass is 519 g/mol. The Morgan fingerprint density at radius 2 is 1.74 bits per heavy atom. The molecule has 1 N–H and O–H groups in total. The number of hydrogen-bond acceptors (Lipinski definition) is 5. The standard InChI is InChI=1S/C24H23Cl2N3O4S/c1-2-14-33-20-11-8-18(9-12-20)16-27-28-24(30)17-29(19-10-13-22(25)23(26)15-19)34(31,32)21-6-4-3-5-7-21/h3-13,15-16H,2,14,17H2,1H3,(H,28,30)/b27-16-. The molecule has 0 aromatic heterocycles. The Morgan fingerprint density at radius 1 is 1.03 bits per heavy atom. The second kappa shape index (κ2) is 11.9. The third kappa shape index (κ3) is 6.72. The van der Waals surface area contributed by atoms with Crippen LogP contribution in [0, 0.1) is 0 Å². The fourth-order valence-corrected chi connectivity index (χ4v) is 4.62. The molecular formula is C24H23Cl2N3O4S. The molecule has 3 aromatic carbocycles. The van der Waals surface area contributed by atoms with Crippen molar-refractivity contribution in [1.82, 2.24) is 5.43 Å². The molecule has 3 rings (SSSR count). The van der Waals surface area contributed by atoms with Crippen molar-refractivity contribution in [2.45, 2.75) is 18.2 Å². The van der Waals surface area contributed by atoms with E-state index in [0.29, 0.717) is 6.61 Å². The fourth-order valence-electron chi connectivity index (χ4n) is 2.89. The molecular weight excluding hydrogens is 497 g/mol. The molecule has 34 heavy (non-hydrogen) atoms. The summed E-state index contributed by atoms with van der Waals surface area (Å²) in [5.74, 6) is 0.108. The van der Waals surface area contributed by atoms with Gasteiger partial charge in [-0.1, -0.05) is 48.3 Å². The van der Waals surface area contributed by atoms with Gasteiger partial charge in [-0.05, 0) is 66.6 Å². The summed E-state index contributed by atoms with van der Waals surface area (Å²) in [6.45, 7) is 2.14. The first-order chi connectivity index (χ1) is 16.3. The first kappa shape index (κ1) is 25.6. The normalized spacial score (nSPS) is 11.4. The summed E-state index contributed by atoms with van der Waals surface area (Å²) >= 11 is 12.1. The average molecular weight is 520 g/mol. The molecule has 0 atom stereocenters. The highest BCUT2D eigenvalue weighted by Crippen LogP contribution is 2.30. The second-order valence-electron chi connectivity index (χ2n) is 7.13. The predicted octanol–water partition coefficient (Wildman–Crippen LogP) is 5.13. The minimum Gasteiger partial charge on any atom is -0.494 e. The van der Waals surface area contributed by atoms with Crippen molar-refractivity contribution >= 4 is 51.0 Å². The second-order valence-corrected chi connectivity index (χ2v) is 9.81. The van der Waals surface area contributed by atoms with Crippen molar-refractivity contribution in [2.24, 2.45) is 5.10 Å². The number of halogens is 2. The molecule has 0 heterocycles. The van der Waals surface area contributed by atoms with Gasteiger partial charge in [0.15, 0.2) is 0 Å². The fraction of sp³-hybridized carbons (Fsp3) is 0.167. The molecule has 10 heteroatoms. The predicted molar refractivity (Wildman–Crippen MR) is 135 cm³/mol. The zero-order valence-corrected chi connectivity index (χ0v) is 20.6. The Labute approximate surface area is 209 Å². The van der Waals surface area contributed by atoms with Gasteiger partial charge in [0.1, 0.15) is 12.3 Å². The van der Waals surface area contributed by atoms with E-state index in [1.165, 1.54) is 36.5 Å². The van der Waals surface area contributed by atoms with Gasteiger partial charge in [0, 0.05) is 0 Å². The highest BCUT2D eigenvalue weighted by molar-refractivity contribution is 7.92. The van der Waals surface area contributed by atoms with Crippen LogP contribution in [0.2, 0.25) is 10.0 Å². The lowest BCUT2D eigenvalue weighted by atomic mass is 10.2. The molecule has 7 nitrogen and oxygen atoms in total. The van der Waals surface area contributed by atoms with Gasteiger partial charge in [-0.25, -0.2) is 13.8 Å². The summed E-state index contributed by atoms with van der Waals surface area (Å²) < 4.78 is 33.1. The lowest BCUT2D eigenvalue weighted by Crippen LogP contribution is -2.39. The molecule has 0 aliphatic heterocycles. The number of hydrogen-bond donors (Lipinski definition) is 1. The van der Waals surface area contributed by atoms with Crippen LogP contribution in [-0.4, -0.2) is 33.7 Å². The van der Waals surface area contributed by atoms with Crippen molar-refractivity contribution in [1.29, 1.82) is 0 Å². The van der Waals surface area contributed by atoms with Gasteiger partial charge >= 0.3 is 0 Å². The van der Waals surface area contributed by atoms with E-state index < -0.39 is 22.5 Å². The third-order valence-electron chi connectivity index (χ3n) is 4.57. The molecule has 178 valence electrons. The van der Waals surface area contributed by atoms with Crippen LogP contribution in [0.4, 0.5) is 5.69 Å². The minimum absolute atomic E-state index is 0.0303. The number of nitrogens with zero attached hydrogens (tertiary/aromatic N) is 2. The van der Waals surface area contributed by atoms with Crippen LogP contribution in [0.15, 0.2) is 82.8 Å². The summed E-state index contributed by atoms with van der Waals surface area (Å²) in [5.41, 5.74) is 3.30. The van der Waals surface area contributed by atoms with Gasteiger partial charge in [0.2, 0.25) is 0 Å². The Kier molecular flexibility index (Phi) is 8.92. The largest absolute Gasteiger partial charge is 0.494 e. The van der Waals surface area contributed by atoms with Crippen molar-refractivity contribution in [3.05, 3.63) is 88.4 Å². The van der Waals surface area contributed by atoms with Crippen molar-refractivity contribution in [3.8, 4) is 5.75 Å². The number of ether oxygens (including phenoxy) is 1. The summed E-state index contributed by atoms with van der Waals surface area (Å²) in [7, 11) is -4.06. The van der Waals surface area contributed by atoms with Gasteiger partial charge in [0.25, 0.3) is 15.9 Å². The van der Waals surface area contributed by atoms with Crippen LogP contribution in [0.1, 0.15) is 18.9 Å². The molecule has 0 saturated carbocycles. The molecule has 0 unspecified atom stereocenters. The number of nitrogens with one attached hydrogen (secondary N) is 1. The smallest absolute Gasteiger partial charge is 0.264 e. The Bertz CT molecular complexity index is 1250. The SMILES string of the molecule is CCCOc1ccc(/C=N\NC(=O)CN(c2ccc(Cl)c(Cl)c2)S(=O)(=O)c2ccccc2)cc1. The van der Waals surface area contributed by atoms with Crippen molar-refractivity contribution in [3.63, 3.8) is 0 Å². The van der Waals surface area contributed by atoms with E-state index in [0.717, 1.165) is 22.0 Å². The average Bonchev–Trinajstić information content (AvgIpc) is 2.84. The zero-order valence-electron chi connectivity index (χ0n) is 18.3. The number of benzene rings is 3. The van der Waals surface area contributed by atoms with E-state index in [2.05, 4.69) is 10.5 Å². The summed E-state index contributed by atoms with van der Waals surface area (Å²) in [5, 5.41) is 4.36. The Balaban J connectivity index is 1.76. The number of carbonyl (C=O) groups is 1. The summed E-state index contributed by atoms with van der Waals surface area (Å²) in [4.78, 5) is 12.6. The maximum Gasteiger partial charge on any atom is 0.264 e. The van der Waals surface area contributed by atoms with Crippen molar-refractivity contribution < 1.29 is 17.9 Å². The van der Waals surface area contributed by atoms with Crippen LogP contribution < -0.4 is 14.5 Å². The minimum atomic E-state index is -4.06. The van der Waals surface area contributed by atoms with E-state index in [4.69, 9.17) is 27.9 Å². The molecule has 0 saturated heterocycles. The van der Waals surface area contributed by atoms with Crippen LogP contribution in [0.5, 0.6) is 5.75 Å². The van der Waals surface area contributed by atoms with E-state index in [9.17, 15) is 13.2 Å². The van der Waals surface area contributed by atoms with Gasteiger partial charge in [0.05, 0.1) is 33.4 Å². The third-order valence-corrected chi connectivity index (χ3v) is 7.09. The molecule has 1 amide bonds. The number of rotatable bonds is 10. The molecule has 0 aliphatic rings. The highest BCUT2D eigenvalue weighted by Gasteiger charge is 2.27. The number of anilines is 1. The maximum atomic E-state index is 13.3. The molecule has 0 spiro atoms. The van der Waals surface area contributed by atoms with E-state index in [1.807, 2.05) is 6.92 Å². The lowest BCUT2D eigenvalue weighted by Gasteiger charge is -2.24. The first-order valence-electron chi connectivity index (χ1n) is 10.4. The van der Waals surface area contributed by atoms with Crippen molar-refractivity contribution in [2.75, 3.05) is 17.5 Å². The molecule has 0 fully saturated rings. The Hall–Kier alpha value is -3.07.